The lowest BCUT2D eigenvalue weighted by atomic mass is 10.1. The number of esters is 1. The van der Waals surface area contributed by atoms with E-state index in [-0.39, 0.29) is 23.6 Å². The highest BCUT2D eigenvalue weighted by Crippen LogP contribution is 2.24. The van der Waals surface area contributed by atoms with Gasteiger partial charge in [-0.05, 0) is 30.7 Å². The monoisotopic (exact) mass is 381 g/mol. The van der Waals surface area contributed by atoms with Crippen LogP contribution in [0.1, 0.15) is 6.42 Å². The quantitative estimate of drug-likeness (QED) is 0.776. The lowest BCUT2D eigenvalue weighted by Crippen LogP contribution is -2.25. The van der Waals surface area contributed by atoms with Gasteiger partial charge in [0.15, 0.2) is 16.4 Å². The molecule has 1 fully saturated rings. The van der Waals surface area contributed by atoms with Gasteiger partial charge < -0.3 is 14.8 Å². The molecule has 7 nitrogen and oxygen atoms in total. The van der Waals surface area contributed by atoms with Crippen LogP contribution in [0.3, 0.4) is 0 Å². The third-order valence-corrected chi connectivity index (χ3v) is 5.05. The average Bonchev–Trinajstić information content (AvgIpc) is 2.85. The fraction of sp³-hybridized carbons (Fsp3) is 0.429. The molecule has 1 N–H and O–H groups in total. The van der Waals surface area contributed by atoms with Crippen LogP contribution in [0.25, 0.3) is 0 Å². The van der Waals surface area contributed by atoms with E-state index in [1.54, 1.807) is 0 Å². The summed E-state index contributed by atoms with van der Waals surface area (Å²) in [7, 11) is -3.24. The zero-order valence-electron chi connectivity index (χ0n) is 12.7. The molecule has 138 valence electrons. The van der Waals surface area contributed by atoms with Crippen molar-refractivity contribution in [1.82, 2.24) is 0 Å². The Morgan fingerprint density at radius 1 is 1.20 bits per heavy atom. The fourth-order valence-electron chi connectivity index (χ4n) is 2.17. The van der Waals surface area contributed by atoms with Crippen LogP contribution in [-0.4, -0.2) is 44.8 Å². The Hall–Kier alpha value is -2.30. The highest BCUT2D eigenvalue weighted by atomic mass is 32.2. The van der Waals surface area contributed by atoms with Gasteiger partial charge >= 0.3 is 12.3 Å². The first-order chi connectivity index (χ1) is 11.5. The van der Waals surface area contributed by atoms with Crippen LogP contribution < -0.4 is 10.1 Å². The molecule has 1 unspecified atom stereocenters. The van der Waals surface area contributed by atoms with Crippen molar-refractivity contribution in [2.75, 3.05) is 23.4 Å². The average molecular weight is 381 g/mol. The highest BCUT2D eigenvalue weighted by Gasteiger charge is 2.34. The number of nitrogens with one attached hydrogen (secondary N) is 1. The van der Waals surface area contributed by atoms with Crippen molar-refractivity contribution in [2.24, 2.45) is 5.92 Å². The normalized spacial score (nSPS) is 19.2. The van der Waals surface area contributed by atoms with E-state index in [2.05, 4.69) is 10.1 Å². The summed E-state index contributed by atoms with van der Waals surface area (Å²) >= 11 is 0. The van der Waals surface area contributed by atoms with Crippen molar-refractivity contribution in [1.29, 1.82) is 0 Å². The van der Waals surface area contributed by atoms with Crippen LogP contribution in [0, 0.1) is 5.92 Å². The van der Waals surface area contributed by atoms with Gasteiger partial charge in [-0.2, -0.15) is 0 Å². The molecule has 1 aliphatic heterocycles. The summed E-state index contributed by atoms with van der Waals surface area (Å²) in [6, 6.07) is 4.39. The van der Waals surface area contributed by atoms with Gasteiger partial charge in [-0.3, -0.25) is 9.59 Å². The van der Waals surface area contributed by atoms with E-state index in [1.807, 2.05) is 0 Å². The Morgan fingerprint density at radius 3 is 2.36 bits per heavy atom. The topological polar surface area (TPSA) is 98.8 Å². The number of halogens is 3. The first-order valence-electron chi connectivity index (χ1n) is 7.07. The van der Waals surface area contributed by atoms with Crippen molar-refractivity contribution in [3.63, 3.8) is 0 Å². The number of benzene rings is 1. The van der Waals surface area contributed by atoms with Crippen molar-refractivity contribution in [2.45, 2.75) is 12.8 Å². The summed E-state index contributed by atoms with van der Waals surface area (Å²) in [5.41, 5.74) is 0.180. The summed E-state index contributed by atoms with van der Waals surface area (Å²) in [5.74, 6) is -3.10. The number of alkyl halides is 3. The van der Waals surface area contributed by atoms with Crippen LogP contribution in [0.5, 0.6) is 5.75 Å². The molecular weight excluding hydrogens is 367 g/mol. The van der Waals surface area contributed by atoms with Crippen molar-refractivity contribution < 1.29 is 40.7 Å². The number of hydrogen-bond acceptors (Lipinski definition) is 6. The summed E-state index contributed by atoms with van der Waals surface area (Å²) in [6.45, 7) is -0.629. The van der Waals surface area contributed by atoms with Gasteiger partial charge in [0.1, 0.15) is 5.75 Å². The maximum Gasteiger partial charge on any atom is 0.573 e. The molecule has 1 heterocycles. The minimum Gasteiger partial charge on any atom is -0.455 e. The number of anilines is 1. The van der Waals surface area contributed by atoms with Gasteiger partial charge in [0.05, 0.1) is 17.4 Å². The van der Waals surface area contributed by atoms with Gasteiger partial charge in [-0.15, -0.1) is 13.2 Å². The minimum atomic E-state index is -4.81. The molecule has 1 amide bonds. The van der Waals surface area contributed by atoms with Crippen molar-refractivity contribution in [3.05, 3.63) is 24.3 Å². The predicted octanol–water partition coefficient (Wildman–Crippen LogP) is 1.50. The molecule has 1 aliphatic rings. The van der Waals surface area contributed by atoms with Gasteiger partial charge in [0.25, 0.3) is 5.91 Å². The third kappa shape index (κ3) is 6.25. The van der Waals surface area contributed by atoms with Gasteiger partial charge in [0, 0.05) is 5.69 Å². The second-order valence-corrected chi connectivity index (χ2v) is 7.56. The van der Waals surface area contributed by atoms with E-state index >= 15 is 0 Å². The molecule has 0 aromatic heterocycles. The van der Waals surface area contributed by atoms with Crippen molar-refractivity contribution >= 4 is 27.4 Å². The molecule has 1 aromatic rings. The standard InChI is InChI=1S/C14H14F3NO6S/c15-14(16,17)24-11-3-1-10(2-4-11)18-12(19)7-23-13(20)9-5-6-25(21,22)8-9/h1-4,9H,5-8H2,(H,18,19). The molecular formula is C14H14F3NO6S. The molecule has 11 heteroatoms. The Bertz CT molecular complexity index is 745. The summed E-state index contributed by atoms with van der Waals surface area (Å²) < 4.78 is 67.1. The number of carbonyl (C=O) groups excluding carboxylic acids is 2. The van der Waals surface area contributed by atoms with Crippen LogP contribution in [-0.2, 0) is 24.2 Å². The van der Waals surface area contributed by atoms with E-state index in [1.165, 1.54) is 12.1 Å². The molecule has 2 rings (SSSR count). The summed E-state index contributed by atoms with van der Waals surface area (Å²) in [5, 5.41) is 2.32. The fourth-order valence-corrected chi connectivity index (χ4v) is 3.90. The largest absolute Gasteiger partial charge is 0.573 e. The third-order valence-electron chi connectivity index (χ3n) is 3.28. The maximum atomic E-state index is 12.0. The molecule has 0 bridgehead atoms. The smallest absolute Gasteiger partial charge is 0.455 e. The number of amides is 1. The molecule has 0 aliphatic carbocycles. The van der Waals surface area contributed by atoms with Gasteiger partial charge in [-0.1, -0.05) is 0 Å². The van der Waals surface area contributed by atoms with Gasteiger partial charge in [-0.25, -0.2) is 8.42 Å². The molecule has 0 saturated carbocycles. The van der Waals surface area contributed by atoms with E-state index in [4.69, 9.17) is 4.74 Å². The Balaban J connectivity index is 1.79. The van der Waals surface area contributed by atoms with E-state index in [0.29, 0.717) is 0 Å². The van der Waals surface area contributed by atoms with Crippen LogP contribution in [0.15, 0.2) is 24.3 Å². The van der Waals surface area contributed by atoms with Crippen LogP contribution >= 0.6 is 0 Å². The molecule has 1 saturated heterocycles. The Morgan fingerprint density at radius 2 is 1.84 bits per heavy atom. The second kappa shape index (κ2) is 7.30. The van der Waals surface area contributed by atoms with E-state index < -0.39 is 46.4 Å². The Labute approximate surface area is 141 Å². The zero-order chi connectivity index (χ0) is 18.7. The summed E-state index contributed by atoms with van der Waals surface area (Å²) in [4.78, 5) is 23.3. The number of hydrogen-bond donors (Lipinski definition) is 1. The number of ether oxygens (including phenoxy) is 2. The SMILES string of the molecule is O=C(COC(=O)C1CCS(=O)(=O)C1)Nc1ccc(OC(F)(F)F)cc1. The number of carbonyl (C=O) groups is 2. The minimum absolute atomic E-state index is 0.0920. The highest BCUT2D eigenvalue weighted by molar-refractivity contribution is 7.91. The first kappa shape index (κ1) is 19.0. The van der Waals surface area contributed by atoms with Gasteiger partial charge in [0.2, 0.25) is 0 Å². The second-order valence-electron chi connectivity index (χ2n) is 5.33. The number of sulfone groups is 1. The molecule has 0 spiro atoms. The first-order valence-corrected chi connectivity index (χ1v) is 8.89. The summed E-state index contributed by atoms with van der Waals surface area (Å²) in [6.07, 6.45) is -4.66. The van der Waals surface area contributed by atoms with E-state index in [9.17, 15) is 31.2 Å². The Kier molecular flexibility index (Phi) is 5.55. The van der Waals surface area contributed by atoms with E-state index in [0.717, 1.165) is 12.1 Å². The number of rotatable bonds is 5. The van der Waals surface area contributed by atoms with Crippen LogP contribution in [0.2, 0.25) is 0 Å². The lowest BCUT2D eigenvalue weighted by molar-refractivity contribution is -0.274. The zero-order valence-corrected chi connectivity index (χ0v) is 13.5. The van der Waals surface area contributed by atoms with Crippen molar-refractivity contribution in [3.8, 4) is 5.75 Å². The molecule has 1 aromatic carbocycles. The molecule has 25 heavy (non-hydrogen) atoms. The maximum absolute atomic E-state index is 12.0. The predicted molar refractivity (Wildman–Crippen MR) is 79.5 cm³/mol. The lowest BCUT2D eigenvalue weighted by Gasteiger charge is -2.11. The van der Waals surface area contributed by atoms with Crippen LogP contribution in [0.4, 0.5) is 18.9 Å². The molecule has 0 radical (unpaired) electrons. The molecule has 1 atom stereocenters.